The van der Waals surface area contributed by atoms with E-state index in [0.717, 1.165) is 29.5 Å². The second-order valence-electron chi connectivity index (χ2n) is 6.84. The van der Waals surface area contributed by atoms with Crippen molar-refractivity contribution in [3.63, 3.8) is 0 Å². The Morgan fingerprint density at radius 3 is 2.55 bits per heavy atom. The lowest BCUT2D eigenvalue weighted by molar-refractivity contribution is 0.332. The van der Waals surface area contributed by atoms with Crippen LogP contribution in [0.25, 0.3) is 0 Å². The van der Waals surface area contributed by atoms with Crippen LogP contribution in [0.5, 0.6) is 0 Å². The van der Waals surface area contributed by atoms with E-state index in [1.165, 1.54) is 24.3 Å². The third kappa shape index (κ3) is 4.53. The summed E-state index contributed by atoms with van der Waals surface area (Å²) >= 11 is 2.09. The molecule has 1 aliphatic heterocycles. The summed E-state index contributed by atoms with van der Waals surface area (Å²) in [5.41, 5.74) is 1.56. The largest absolute Gasteiger partial charge is 0.316 e. The zero-order chi connectivity index (χ0) is 14.5. The molecule has 2 rings (SSSR count). The van der Waals surface area contributed by atoms with Gasteiger partial charge in [0.25, 0.3) is 0 Å². The quantitative estimate of drug-likeness (QED) is 0.787. The van der Waals surface area contributed by atoms with Crippen molar-refractivity contribution < 1.29 is 0 Å². The summed E-state index contributed by atoms with van der Waals surface area (Å²) in [6.45, 7) is 11.6. The monoisotopic (exact) mass is 291 g/mol. The Morgan fingerprint density at radius 2 is 1.90 bits per heavy atom. The standard InChI is InChI=1S/C18H29NS/c1-13(2)11-19-12-16(14(3)4)10-17-9-15-7-5-6-8-18(15)20-17/h5-8,13-14,16-17,19H,9-12H2,1-4H3. The molecule has 0 aliphatic carbocycles. The second kappa shape index (κ2) is 7.51. The van der Waals surface area contributed by atoms with Crippen molar-refractivity contribution in [1.82, 2.24) is 5.32 Å². The minimum absolute atomic E-state index is 0.743. The molecular formula is C18H29NS. The van der Waals surface area contributed by atoms with E-state index < -0.39 is 0 Å². The second-order valence-corrected chi connectivity index (χ2v) is 8.19. The van der Waals surface area contributed by atoms with E-state index in [9.17, 15) is 0 Å². The Kier molecular flexibility index (Phi) is 5.98. The summed E-state index contributed by atoms with van der Waals surface area (Å²) in [5.74, 6) is 2.30. The van der Waals surface area contributed by atoms with E-state index in [1.807, 2.05) is 0 Å². The molecule has 112 valence electrons. The highest BCUT2D eigenvalue weighted by Crippen LogP contribution is 2.40. The summed E-state index contributed by atoms with van der Waals surface area (Å²) in [4.78, 5) is 1.51. The predicted molar refractivity (Wildman–Crippen MR) is 90.4 cm³/mol. The SMILES string of the molecule is CC(C)CNCC(CC1Cc2ccccc2S1)C(C)C. The summed E-state index contributed by atoms with van der Waals surface area (Å²) in [5, 5.41) is 4.43. The Bertz CT molecular complexity index is 389. The summed E-state index contributed by atoms with van der Waals surface area (Å²) < 4.78 is 0. The Hall–Kier alpha value is -0.470. The first kappa shape index (κ1) is 15.9. The van der Waals surface area contributed by atoms with Gasteiger partial charge in [-0.15, -0.1) is 11.8 Å². The molecule has 0 fully saturated rings. The number of thioether (sulfide) groups is 1. The molecule has 0 aromatic heterocycles. The van der Waals surface area contributed by atoms with Gasteiger partial charge in [-0.2, -0.15) is 0 Å². The fourth-order valence-electron chi connectivity index (χ4n) is 2.87. The number of rotatable bonds is 7. The third-order valence-corrected chi connectivity index (χ3v) is 5.53. The molecule has 1 N–H and O–H groups in total. The van der Waals surface area contributed by atoms with Crippen molar-refractivity contribution in [2.45, 2.75) is 50.7 Å². The van der Waals surface area contributed by atoms with Gasteiger partial charge in [0, 0.05) is 10.1 Å². The topological polar surface area (TPSA) is 12.0 Å². The zero-order valence-corrected chi connectivity index (χ0v) is 14.2. The highest BCUT2D eigenvalue weighted by atomic mass is 32.2. The van der Waals surface area contributed by atoms with Gasteiger partial charge in [0.2, 0.25) is 0 Å². The first-order valence-corrected chi connectivity index (χ1v) is 8.89. The van der Waals surface area contributed by atoms with E-state index >= 15 is 0 Å². The van der Waals surface area contributed by atoms with Crippen molar-refractivity contribution in [3.8, 4) is 0 Å². The number of benzene rings is 1. The normalized spacial score (nSPS) is 19.6. The molecule has 1 aromatic rings. The molecular weight excluding hydrogens is 262 g/mol. The molecule has 0 bridgehead atoms. The van der Waals surface area contributed by atoms with Gasteiger partial charge in [-0.3, -0.25) is 0 Å². The molecule has 20 heavy (non-hydrogen) atoms. The number of hydrogen-bond acceptors (Lipinski definition) is 2. The number of hydrogen-bond donors (Lipinski definition) is 1. The summed E-state index contributed by atoms with van der Waals surface area (Å²) in [6, 6.07) is 8.91. The van der Waals surface area contributed by atoms with E-state index in [2.05, 4.69) is 69.0 Å². The van der Waals surface area contributed by atoms with E-state index in [-0.39, 0.29) is 0 Å². The van der Waals surface area contributed by atoms with Crippen molar-refractivity contribution in [2.24, 2.45) is 17.8 Å². The van der Waals surface area contributed by atoms with Crippen molar-refractivity contribution in [1.29, 1.82) is 0 Å². The number of fused-ring (bicyclic) bond motifs is 1. The van der Waals surface area contributed by atoms with Gasteiger partial charge >= 0.3 is 0 Å². The first-order chi connectivity index (χ1) is 9.56. The molecule has 0 spiro atoms. The molecule has 0 radical (unpaired) electrons. The lowest BCUT2D eigenvalue weighted by Crippen LogP contribution is -2.30. The maximum Gasteiger partial charge on any atom is 0.0138 e. The van der Waals surface area contributed by atoms with Crippen LogP contribution in [0.2, 0.25) is 0 Å². The summed E-state index contributed by atoms with van der Waals surface area (Å²) in [7, 11) is 0. The van der Waals surface area contributed by atoms with Crippen LogP contribution >= 0.6 is 11.8 Å². The van der Waals surface area contributed by atoms with E-state index in [0.29, 0.717) is 0 Å². The maximum atomic E-state index is 3.65. The first-order valence-electron chi connectivity index (χ1n) is 8.01. The molecule has 1 aromatic carbocycles. The zero-order valence-electron chi connectivity index (χ0n) is 13.4. The Balaban J connectivity index is 1.84. The van der Waals surface area contributed by atoms with Crippen LogP contribution in [0.3, 0.4) is 0 Å². The van der Waals surface area contributed by atoms with Crippen LogP contribution in [0.4, 0.5) is 0 Å². The number of nitrogens with one attached hydrogen (secondary N) is 1. The minimum atomic E-state index is 0.743. The predicted octanol–water partition coefficient (Wildman–Crippen LogP) is 4.61. The van der Waals surface area contributed by atoms with Crippen LogP contribution in [-0.2, 0) is 6.42 Å². The van der Waals surface area contributed by atoms with Crippen LogP contribution in [0.15, 0.2) is 29.2 Å². The molecule has 0 amide bonds. The van der Waals surface area contributed by atoms with Gasteiger partial charge < -0.3 is 5.32 Å². The van der Waals surface area contributed by atoms with Crippen molar-refractivity contribution >= 4 is 11.8 Å². The average molecular weight is 292 g/mol. The molecule has 1 heterocycles. The molecule has 2 heteroatoms. The highest BCUT2D eigenvalue weighted by molar-refractivity contribution is 8.00. The fraction of sp³-hybridized carbons (Fsp3) is 0.667. The van der Waals surface area contributed by atoms with Crippen LogP contribution in [0.1, 0.15) is 39.7 Å². The molecule has 2 unspecified atom stereocenters. The maximum absolute atomic E-state index is 3.65. The van der Waals surface area contributed by atoms with Crippen LogP contribution in [-0.4, -0.2) is 18.3 Å². The van der Waals surface area contributed by atoms with Gasteiger partial charge in [-0.05, 0) is 55.3 Å². The average Bonchev–Trinajstić information content (AvgIpc) is 2.79. The van der Waals surface area contributed by atoms with Gasteiger partial charge in [0.1, 0.15) is 0 Å². The highest BCUT2D eigenvalue weighted by Gasteiger charge is 2.26. The minimum Gasteiger partial charge on any atom is -0.316 e. The third-order valence-electron chi connectivity index (χ3n) is 4.18. The molecule has 1 nitrogen and oxygen atoms in total. The van der Waals surface area contributed by atoms with Gasteiger partial charge in [-0.1, -0.05) is 45.9 Å². The van der Waals surface area contributed by atoms with Gasteiger partial charge in [-0.25, -0.2) is 0 Å². The molecule has 0 saturated carbocycles. The van der Waals surface area contributed by atoms with Gasteiger partial charge in [0.15, 0.2) is 0 Å². The molecule has 2 atom stereocenters. The fourth-order valence-corrected chi connectivity index (χ4v) is 4.30. The van der Waals surface area contributed by atoms with Crippen LogP contribution < -0.4 is 5.32 Å². The Morgan fingerprint density at radius 1 is 1.15 bits per heavy atom. The van der Waals surface area contributed by atoms with Crippen molar-refractivity contribution in [3.05, 3.63) is 29.8 Å². The molecule has 1 aliphatic rings. The lowest BCUT2D eigenvalue weighted by Gasteiger charge is -2.24. The van der Waals surface area contributed by atoms with Crippen molar-refractivity contribution in [2.75, 3.05) is 13.1 Å². The summed E-state index contributed by atoms with van der Waals surface area (Å²) in [6.07, 6.45) is 2.59. The van der Waals surface area contributed by atoms with Gasteiger partial charge in [0.05, 0.1) is 0 Å². The lowest BCUT2D eigenvalue weighted by atomic mass is 9.89. The van der Waals surface area contributed by atoms with Crippen LogP contribution in [0, 0.1) is 17.8 Å². The molecule has 0 saturated heterocycles. The smallest absolute Gasteiger partial charge is 0.0138 e. The van der Waals surface area contributed by atoms with E-state index in [4.69, 9.17) is 0 Å². The van der Waals surface area contributed by atoms with E-state index in [1.54, 1.807) is 5.56 Å². The Labute approximate surface area is 128 Å².